The van der Waals surface area contributed by atoms with Gasteiger partial charge in [-0.3, -0.25) is 9.89 Å². The van der Waals surface area contributed by atoms with E-state index in [0.717, 1.165) is 31.4 Å². The van der Waals surface area contributed by atoms with Crippen molar-refractivity contribution < 1.29 is 4.79 Å². The van der Waals surface area contributed by atoms with Crippen molar-refractivity contribution >= 4 is 11.6 Å². The van der Waals surface area contributed by atoms with Crippen LogP contribution in [0.2, 0.25) is 0 Å². The van der Waals surface area contributed by atoms with Gasteiger partial charge in [0.15, 0.2) is 0 Å². The number of rotatable bonds is 6. The summed E-state index contributed by atoms with van der Waals surface area (Å²) in [6.07, 6.45) is 7.40. The largest absolute Gasteiger partial charge is 0.323 e. The number of carbonyl (C=O) groups is 1. The van der Waals surface area contributed by atoms with Crippen LogP contribution in [0.4, 0.5) is 5.69 Å². The van der Waals surface area contributed by atoms with Crippen molar-refractivity contribution in [3.63, 3.8) is 0 Å². The van der Waals surface area contributed by atoms with Crippen LogP contribution in [-0.2, 0) is 4.79 Å². The first-order valence-corrected chi connectivity index (χ1v) is 5.57. The molecule has 0 saturated heterocycles. The molecule has 15 heavy (non-hydrogen) atoms. The number of carbonyl (C=O) groups excluding carboxylic acids is 1. The lowest BCUT2D eigenvalue weighted by Gasteiger charge is -2.13. The fourth-order valence-corrected chi connectivity index (χ4v) is 1.53. The summed E-state index contributed by atoms with van der Waals surface area (Å²) >= 11 is 0. The minimum atomic E-state index is 0.104. The number of anilines is 1. The molecule has 4 nitrogen and oxygen atoms in total. The summed E-state index contributed by atoms with van der Waals surface area (Å²) in [5.41, 5.74) is 0.745. The van der Waals surface area contributed by atoms with Crippen molar-refractivity contribution in [3.05, 3.63) is 12.4 Å². The minimum Gasteiger partial charge on any atom is -0.323 e. The maximum Gasteiger partial charge on any atom is 0.227 e. The summed E-state index contributed by atoms with van der Waals surface area (Å²) in [6.45, 7) is 4.19. The van der Waals surface area contributed by atoms with Crippen molar-refractivity contribution in [1.82, 2.24) is 10.2 Å². The maximum absolute atomic E-state index is 11.8. The Morgan fingerprint density at radius 2 is 2.40 bits per heavy atom. The first-order valence-electron chi connectivity index (χ1n) is 5.57. The number of amides is 1. The monoisotopic (exact) mass is 209 g/mol. The Labute approximate surface area is 90.5 Å². The predicted molar refractivity (Wildman–Crippen MR) is 60.5 cm³/mol. The Morgan fingerprint density at radius 3 is 2.93 bits per heavy atom. The van der Waals surface area contributed by atoms with Gasteiger partial charge < -0.3 is 5.32 Å². The molecule has 0 aliphatic rings. The van der Waals surface area contributed by atoms with Crippen LogP contribution in [0.25, 0.3) is 0 Å². The molecule has 0 aromatic carbocycles. The Hall–Kier alpha value is -1.32. The van der Waals surface area contributed by atoms with Crippen molar-refractivity contribution in [2.75, 3.05) is 5.32 Å². The zero-order valence-electron chi connectivity index (χ0n) is 9.42. The lowest BCUT2D eigenvalue weighted by Crippen LogP contribution is -2.22. The van der Waals surface area contributed by atoms with E-state index in [1.807, 2.05) is 0 Å². The van der Waals surface area contributed by atoms with E-state index in [9.17, 15) is 4.79 Å². The molecule has 0 spiro atoms. The summed E-state index contributed by atoms with van der Waals surface area (Å²) in [6, 6.07) is 0. The summed E-state index contributed by atoms with van der Waals surface area (Å²) in [4.78, 5) is 11.8. The zero-order chi connectivity index (χ0) is 11.1. The average molecular weight is 209 g/mol. The highest BCUT2D eigenvalue weighted by molar-refractivity contribution is 5.92. The van der Waals surface area contributed by atoms with Gasteiger partial charge in [-0.05, 0) is 12.8 Å². The standard InChI is InChI=1S/C11H19N3O/c1-3-5-6-9(4-2)11(15)14-10-7-12-13-8-10/h7-9H,3-6H2,1-2H3,(H,12,13)(H,14,15). The molecule has 0 saturated carbocycles. The van der Waals surface area contributed by atoms with Crippen LogP contribution in [-0.4, -0.2) is 16.1 Å². The van der Waals surface area contributed by atoms with E-state index in [0.29, 0.717) is 0 Å². The second kappa shape index (κ2) is 6.22. The van der Waals surface area contributed by atoms with Gasteiger partial charge in [0.2, 0.25) is 5.91 Å². The van der Waals surface area contributed by atoms with Gasteiger partial charge in [0, 0.05) is 12.1 Å². The highest BCUT2D eigenvalue weighted by Gasteiger charge is 2.15. The van der Waals surface area contributed by atoms with E-state index >= 15 is 0 Å². The fraction of sp³-hybridized carbons (Fsp3) is 0.636. The zero-order valence-corrected chi connectivity index (χ0v) is 9.42. The van der Waals surface area contributed by atoms with Crippen LogP contribution in [0.1, 0.15) is 39.5 Å². The molecule has 0 aliphatic heterocycles. The molecule has 1 rings (SSSR count). The van der Waals surface area contributed by atoms with Gasteiger partial charge in [0.05, 0.1) is 11.9 Å². The summed E-state index contributed by atoms with van der Waals surface area (Å²) in [7, 11) is 0. The van der Waals surface area contributed by atoms with Gasteiger partial charge in [-0.1, -0.05) is 26.7 Å². The predicted octanol–water partition coefficient (Wildman–Crippen LogP) is 2.56. The quantitative estimate of drug-likeness (QED) is 0.756. The van der Waals surface area contributed by atoms with Crippen molar-refractivity contribution in [2.24, 2.45) is 5.92 Å². The smallest absolute Gasteiger partial charge is 0.227 e. The molecule has 84 valence electrons. The van der Waals surface area contributed by atoms with Crippen LogP contribution < -0.4 is 5.32 Å². The lowest BCUT2D eigenvalue weighted by atomic mass is 9.98. The van der Waals surface area contributed by atoms with Gasteiger partial charge in [-0.2, -0.15) is 5.10 Å². The molecule has 0 aliphatic carbocycles. The summed E-state index contributed by atoms with van der Waals surface area (Å²) in [5.74, 6) is 0.229. The molecular formula is C11H19N3O. The van der Waals surface area contributed by atoms with Gasteiger partial charge in [0.1, 0.15) is 0 Å². The summed E-state index contributed by atoms with van der Waals surface area (Å²) < 4.78 is 0. The van der Waals surface area contributed by atoms with E-state index in [4.69, 9.17) is 0 Å². The van der Waals surface area contributed by atoms with Crippen molar-refractivity contribution in [2.45, 2.75) is 39.5 Å². The number of hydrogen-bond donors (Lipinski definition) is 2. The molecule has 4 heteroatoms. The first kappa shape index (κ1) is 11.8. The normalized spacial score (nSPS) is 12.4. The molecular weight excluding hydrogens is 190 g/mol. The van der Waals surface area contributed by atoms with E-state index in [1.54, 1.807) is 12.4 Å². The molecule has 1 atom stereocenters. The molecule has 1 aromatic rings. The van der Waals surface area contributed by atoms with Crippen molar-refractivity contribution in [3.8, 4) is 0 Å². The van der Waals surface area contributed by atoms with E-state index in [1.165, 1.54) is 0 Å². The van der Waals surface area contributed by atoms with Crippen LogP contribution in [0.3, 0.4) is 0 Å². The molecule has 0 fully saturated rings. The van der Waals surface area contributed by atoms with Gasteiger partial charge in [-0.15, -0.1) is 0 Å². The van der Waals surface area contributed by atoms with Crippen LogP contribution in [0, 0.1) is 5.92 Å². The second-order valence-corrected chi connectivity index (χ2v) is 3.72. The third kappa shape index (κ3) is 3.73. The van der Waals surface area contributed by atoms with E-state index in [2.05, 4.69) is 29.4 Å². The molecule has 1 unspecified atom stereocenters. The molecule has 2 N–H and O–H groups in total. The lowest BCUT2D eigenvalue weighted by molar-refractivity contribution is -0.120. The molecule has 1 amide bonds. The SMILES string of the molecule is CCCCC(CC)C(=O)Nc1cn[nH]c1. The number of H-pyrrole nitrogens is 1. The molecule has 0 radical (unpaired) electrons. The Balaban J connectivity index is 2.43. The van der Waals surface area contributed by atoms with Gasteiger partial charge in [-0.25, -0.2) is 0 Å². The number of nitrogens with one attached hydrogen (secondary N) is 2. The van der Waals surface area contributed by atoms with Crippen molar-refractivity contribution in [1.29, 1.82) is 0 Å². The molecule has 0 bridgehead atoms. The highest BCUT2D eigenvalue weighted by atomic mass is 16.1. The third-order valence-electron chi connectivity index (χ3n) is 2.54. The highest BCUT2D eigenvalue weighted by Crippen LogP contribution is 2.15. The Bertz CT molecular complexity index is 282. The van der Waals surface area contributed by atoms with Crippen LogP contribution >= 0.6 is 0 Å². The molecule has 1 aromatic heterocycles. The van der Waals surface area contributed by atoms with E-state index < -0.39 is 0 Å². The number of aromatic amines is 1. The Kier molecular flexibility index (Phi) is 4.87. The van der Waals surface area contributed by atoms with Gasteiger partial charge in [0.25, 0.3) is 0 Å². The second-order valence-electron chi connectivity index (χ2n) is 3.72. The number of hydrogen-bond acceptors (Lipinski definition) is 2. The van der Waals surface area contributed by atoms with Gasteiger partial charge >= 0.3 is 0 Å². The summed E-state index contributed by atoms with van der Waals surface area (Å²) in [5, 5.41) is 9.30. The number of unbranched alkanes of at least 4 members (excludes halogenated alkanes) is 1. The third-order valence-corrected chi connectivity index (χ3v) is 2.54. The first-order chi connectivity index (χ1) is 7.27. The topological polar surface area (TPSA) is 57.8 Å². The minimum absolute atomic E-state index is 0.104. The molecule has 1 heterocycles. The Morgan fingerprint density at radius 1 is 1.60 bits per heavy atom. The van der Waals surface area contributed by atoms with E-state index in [-0.39, 0.29) is 11.8 Å². The van der Waals surface area contributed by atoms with Crippen LogP contribution in [0.5, 0.6) is 0 Å². The fourth-order valence-electron chi connectivity index (χ4n) is 1.53. The average Bonchev–Trinajstić information content (AvgIpc) is 2.71. The number of nitrogens with zero attached hydrogens (tertiary/aromatic N) is 1. The van der Waals surface area contributed by atoms with Crippen LogP contribution in [0.15, 0.2) is 12.4 Å². The number of aromatic nitrogens is 2. The maximum atomic E-state index is 11.8.